The highest BCUT2D eigenvalue weighted by Crippen LogP contribution is 2.09. The fraction of sp³-hybridized carbons (Fsp3) is 0.400. The molecular formula is C15H21NO2S. The first-order valence-electron chi connectivity index (χ1n) is 6.29. The summed E-state index contributed by atoms with van der Waals surface area (Å²) in [5.74, 6) is 0.457. The monoisotopic (exact) mass is 279 g/mol. The Morgan fingerprint density at radius 1 is 1.37 bits per heavy atom. The van der Waals surface area contributed by atoms with E-state index < -0.39 is 10.8 Å². The number of hydrogen-bond acceptors (Lipinski definition) is 2. The third kappa shape index (κ3) is 5.39. The zero-order chi connectivity index (χ0) is 14.3. The molecule has 1 unspecified atom stereocenters. The van der Waals surface area contributed by atoms with Crippen LogP contribution >= 0.6 is 0 Å². The molecule has 0 radical (unpaired) electrons. The van der Waals surface area contributed by atoms with Crippen molar-refractivity contribution in [3.63, 3.8) is 0 Å². The van der Waals surface area contributed by atoms with E-state index in [-0.39, 0.29) is 11.7 Å². The molecule has 0 aliphatic rings. The molecule has 1 rings (SSSR count). The van der Waals surface area contributed by atoms with E-state index in [1.54, 1.807) is 11.9 Å². The van der Waals surface area contributed by atoms with Crippen LogP contribution in [-0.4, -0.2) is 33.6 Å². The Bertz CT molecular complexity index is 483. The summed E-state index contributed by atoms with van der Waals surface area (Å²) < 4.78 is 11.6. The van der Waals surface area contributed by atoms with Gasteiger partial charge in [0.1, 0.15) is 5.75 Å². The molecule has 0 saturated heterocycles. The van der Waals surface area contributed by atoms with Gasteiger partial charge in [0, 0.05) is 30.1 Å². The highest BCUT2D eigenvalue weighted by atomic mass is 32.2. The molecule has 0 N–H and O–H groups in total. The quantitative estimate of drug-likeness (QED) is 0.749. The van der Waals surface area contributed by atoms with Crippen molar-refractivity contribution in [2.24, 2.45) is 0 Å². The molecule has 0 aliphatic carbocycles. The molecule has 1 atom stereocenters. The van der Waals surface area contributed by atoms with Gasteiger partial charge in [-0.1, -0.05) is 36.4 Å². The molecule has 104 valence electrons. The molecule has 3 nitrogen and oxygen atoms in total. The van der Waals surface area contributed by atoms with Crippen LogP contribution in [0, 0.1) is 6.92 Å². The van der Waals surface area contributed by atoms with Gasteiger partial charge >= 0.3 is 0 Å². The highest BCUT2D eigenvalue weighted by molar-refractivity contribution is 7.85. The predicted molar refractivity (Wildman–Crippen MR) is 80.3 cm³/mol. The van der Waals surface area contributed by atoms with Crippen LogP contribution in [0.5, 0.6) is 0 Å². The lowest BCUT2D eigenvalue weighted by Crippen LogP contribution is -2.31. The third-order valence-electron chi connectivity index (χ3n) is 2.90. The summed E-state index contributed by atoms with van der Waals surface area (Å²) in [4.78, 5) is 13.6. The summed E-state index contributed by atoms with van der Waals surface area (Å²) in [5, 5.41) is 0. The van der Waals surface area contributed by atoms with Gasteiger partial charge in [-0.25, -0.2) is 0 Å². The van der Waals surface area contributed by atoms with Crippen LogP contribution in [0.15, 0.2) is 36.4 Å². The van der Waals surface area contributed by atoms with Gasteiger partial charge in [-0.2, -0.15) is 0 Å². The maximum absolute atomic E-state index is 11.9. The number of nitrogens with zero attached hydrogens (tertiary/aromatic N) is 1. The number of benzene rings is 1. The average molecular weight is 279 g/mol. The molecule has 0 aromatic heterocycles. The van der Waals surface area contributed by atoms with Crippen molar-refractivity contribution >= 4 is 16.7 Å². The largest absolute Gasteiger partial charge is 0.341 e. The molecule has 1 aromatic rings. The van der Waals surface area contributed by atoms with Gasteiger partial charge < -0.3 is 4.90 Å². The topological polar surface area (TPSA) is 37.4 Å². The minimum Gasteiger partial charge on any atom is -0.341 e. The molecule has 1 amide bonds. The first kappa shape index (κ1) is 15.6. The molecule has 0 saturated carbocycles. The summed E-state index contributed by atoms with van der Waals surface area (Å²) in [5.41, 5.74) is 2.29. The Morgan fingerprint density at radius 3 is 2.68 bits per heavy atom. The predicted octanol–water partition coefficient (Wildman–Crippen LogP) is 2.28. The lowest BCUT2D eigenvalue weighted by atomic mass is 10.1. The normalized spacial score (nSPS) is 12.6. The fourth-order valence-corrected chi connectivity index (χ4v) is 2.66. The highest BCUT2D eigenvalue weighted by Gasteiger charge is 2.13. The number of carbonyl (C=O) groups is 1. The van der Waals surface area contributed by atoms with E-state index in [1.165, 1.54) is 0 Å². The molecule has 0 fully saturated rings. The summed E-state index contributed by atoms with van der Waals surface area (Å²) in [6.07, 6.45) is 3.67. The van der Waals surface area contributed by atoms with E-state index in [0.717, 1.165) is 11.1 Å². The smallest absolute Gasteiger partial charge is 0.235 e. The number of hydrogen-bond donors (Lipinski definition) is 0. The Labute approximate surface area is 117 Å². The first-order valence-corrected chi connectivity index (χ1v) is 7.78. The average Bonchev–Trinajstić information content (AvgIpc) is 2.38. The second kappa shape index (κ2) is 7.89. The van der Waals surface area contributed by atoms with E-state index in [4.69, 9.17) is 0 Å². The van der Waals surface area contributed by atoms with Crippen LogP contribution in [-0.2, 0) is 22.1 Å². The number of amides is 1. The van der Waals surface area contributed by atoms with Crippen molar-refractivity contribution in [1.29, 1.82) is 0 Å². The van der Waals surface area contributed by atoms with E-state index in [9.17, 15) is 9.00 Å². The van der Waals surface area contributed by atoms with Gasteiger partial charge in [0.05, 0.1) is 0 Å². The SMILES string of the molecule is C/C=C/CS(=O)CC(=O)N(C)Cc1ccccc1C. The van der Waals surface area contributed by atoms with Crippen LogP contribution in [0.2, 0.25) is 0 Å². The fourth-order valence-electron chi connectivity index (χ4n) is 1.64. The van der Waals surface area contributed by atoms with Crippen molar-refractivity contribution < 1.29 is 9.00 Å². The van der Waals surface area contributed by atoms with Gasteiger partial charge in [0.15, 0.2) is 0 Å². The Kier molecular flexibility index (Phi) is 6.50. The van der Waals surface area contributed by atoms with Crippen LogP contribution < -0.4 is 0 Å². The number of aryl methyl sites for hydroxylation is 1. The van der Waals surface area contributed by atoms with Crippen molar-refractivity contribution in [2.45, 2.75) is 20.4 Å². The third-order valence-corrected chi connectivity index (χ3v) is 4.03. The number of allylic oxidation sites excluding steroid dienone is 1. The molecule has 19 heavy (non-hydrogen) atoms. The van der Waals surface area contributed by atoms with Crippen molar-refractivity contribution in [3.05, 3.63) is 47.5 Å². The lowest BCUT2D eigenvalue weighted by Gasteiger charge is -2.18. The maximum Gasteiger partial charge on any atom is 0.235 e. The van der Waals surface area contributed by atoms with Gasteiger partial charge in [0.25, 0.3) is 0 Å². The van der Waals surface area contributed by atoms with Gasteiger partial charge in [0.2, 0.25) is 5.91 Å². The van der Waals surface area contributed by atoms with Gasteiger partial charge in [-0.05, 0) is 25.0 Å². The molecule has 1 aromatic carbocycles. The zero-order valence-corrected chi connectivity index (χ0v) is 12.6. The standard InChI is InChI=1S/C15H21NO2S/c1-4-5-10-19(18)12-15(17)16(3)11-14-9-7-6-8-13(14)2/h4-9H,10-12H2,1-3H3/b5-4+. The summed E-state index contributed by atoms with van der Waals surface area (Å²) in [6, 6.07) is 7.98. The van der Waals surface area contributed by atoms with Crippen LogP contribution in [0.4, 0.5) is 0 Å². The van der Waals surface area contributed by atoms with Crippen LogP contribution in [0.3, 0.4) is 0 Å². The zero-order valence-electron chi connectivity index (χ0n) is 11.8. The molecular weight excluding hydrogens is 258 g/mol. The second-order valence-electron chi connectivity index (χ2n) is 4.50. The van der Waals surface area contributed by atoms with Gasteiger partial charge in [-0.3, -0.25) is 9.00 Å². The van der Waals surface area contributed by atoms with E-state index in [0.29, 0.717) is 12.3 Å². The van der Waals surface area contributed by atoms with Crippen molar-refractivity contribution in [2.75, 3.05) is 18.6 Å². The maximum atomic E-state index is 11.9. The molecule has 0 heterocycles. The Morgan fingerprint density at radius 2 is 2.05 bits per heavy atom. The minimum absolute atomic E-state index is 0.0777. The summed E-state index contributed by atoms with van der Waals surface area (Å²) in [6.45, 7) is 4.47. The Hall–Kier alpha value is -1.42. The van der Waals surface area contributed by atoms with Crippen LogP contribution in [0.25, 0.3) is 0 Å². The summed E-state index contributed by atoms with van der Waals surface area (Å²) in [7, 11) is 0.640. The molecule has 4 heteroatoms. The minimum atomic E-state index is -1.11. The van der Waals surface area contributed by atoms with Crippen molar-refractivity contribution in [3.8, 4) is 0 Å². The van der Waals surface area contributed by atoms with Crippen LogP contribution in [0.1, 0.15) is 18.1 Å². The van der Waals surface area contributed by atoms with Crippen molar-refractivity contribution in [1.82, 2.24) is 4.90 Å². The van der Waals surface area contributed by atoms with E-state index in [1.807, 2.05) is 50.3 Å². The first-order chi connectivity index (χ1) is 9.04. The molecule has 0 spiro atoms. The molecule has 0 aliphatic heterocycles. The van der Waals surface area contributed by atoms with E-state index >= 15 is 0 Å². The summed E-state index contributed by atoms with van der Waals surface area (Å²) >= 11 is 0. The van der Waals surface area contributed by atoms with Gasteiger partial charge in [-0.15, -0.1) is 0 Å². The molecule has 0 bridgehead atoms. The lowest BCUT2D eigenvalue weighted by molar-refractivity contribution is -0.127. The second-order valence-corrected chi connectivity index (χ2v) is 6.00. The van der Waals surface area contributed by atoms with E-state index in [2.05, 4.69) is 0 Å². The Balaban J connectivity index is 2.54. The number of carbonyl (C=O) groups excluding carboxylic acids is 1. The number of rotatable bonds is 6.